The SMILES string of the molecule is NCc1nnc(-n2cncn2)s1. The molecule has 2 aromatic heterocycles. The standard InChI is InChI=1S/C5H6N6S/c6-1-4-9-10-5(12-4)11-3-7-2-8-11/h2-3H,1,6H2. The Morgan fingerprint density at radius 1 is 1.50 bits per heavy atom. The summed E-state index contributed by atoms with van der Waals surface area (Å²) < 4.78 is 1.55. The van der Waals surface area contributed by atoms with E-state index in [9.17, 15) is 0 Å². The van der Waals surface area contributed by atoms with Crippen molar-refractivity contribution >= 4 is 11.3 Å². The van der Waals surface area contributed by atoms with Gasteiger partial charge in [-0.15, -0.1) is 10.2 Å². The first-order valence-electron chi connectivity index (χ1n) is 3.27. The Morgan fingerprint density at radius 3 is 3.00 bits per heavy atom. The monoisotopic (exact) mass is 182 g/mol. The Bertz CT molecular complexity index is 352. The van der Waals surface area contributed by atoms with Crippen molar-refractivity contribution < 1.29 is 0 Å². The molecular weight excluding hydrogens is 176 g/mol. The summed E-state index contributed by atoms with van der Waals surface area (Å²) in [4.78, 5) is 3.79. The minimum absolute atomic E-state index is 0.409. The molecule has 2 aromatic rings. The summed E-state index contributed by atoms with van der Waals surface area (Å²) in [5.41, 5.74) is 5.38. The van der Waals surface area contributed by atoms with E-state index in [0.29, 0.717) is 11.7 Å². The van der Waals surface area contributed by atoms with Crippen LogP contribution < -0.4 is 5.73 Å². The normalized spacial score (nSPS) is 10.4. The van der Waals surface area contributed by atoms with Gasteiger partial charge < -0.3 is 5.73 Å². The van der Waals surface area contributed by atoms with Crippen LogP contribution in [0.5, 0.6) is 0 Å². The molecule has 0 amide bonds. The van der Waals surface area contributed by atoms with Gasteiger partial charge in [0.1, 0.15) is 17.7 Å². The highest BCUT2D eigenvalue weighted by molar-refractivity contribution is 7.13. The second-order valence-electron chi connectivity index (χ2n) is 2.02. The molecule has 0 aliphatic carbocycles. The maximum Gasteiger partial charge on any atom is 0.234 e. The largest absolute Gasteiger partial charge is 0.324 e. The van der Waals surface area contributed by atoms with Crippen molar-refractivity contribution in [2.24, 2.45) is 5.73 Å². The van der Waals surface area contributed by atoms with Gasteiger partial charge in [-0.2, -0.15) is 9.78 Å². The lowest BCUT2D eigenvalue weighted by Crippen LogP contribution is -1.94. The molecule has 2 heterocycles. The fraction of sp³-hybridized carbons (Fsp3) is 0.200. The van der Waals surface area contributed by atoms with Crippen molar-refractivity contribution in [1.29, 1.82) is 0 Å². The third-order valence-electron chi connectivity index (χ3n) is 1.25. The first-order chi connectivity index (χ1) is 5.90. The van der Waals surface area contributed by atoms with Crippen LogP contribution in [0.3, 0.4) is 0 Å². The van der Waals surface area contributed by atoms with Crippen LogP contribution in [0, 0.1) is 0 Å². The molecule has 0 saturated carbocycles. The van der Waals surface area contributed by atoms with Crippen LogP contribution in [-0.4, -0.2) is 25.0 Å². The van der Waals surface area contributed by atoms with Crippen molar-refractivity contribution in [3.8, 4) is 5.13 Å². The number of hydrogen-bond acceptors (Lipinski definition) is 6. The number of nitrogens with two attached hydrogens (primary N) is 1. The molecule has 2 N–H and O–H groups in total. The van der Waals surface area contributed by atoms with Crippen LogP contribution >= 0.6 is 11.3 Å². The highest BCUT2D eigenvalue weighted by Gasteiger charge is 2.03. The third-order valence-corrected chi connectivity index (χ3v) is 2.18. The van der Waals surface area contributed by atoms with Crippen LogP contribution in [-0.2, 0) is 6.54 Å². The molecule has 12 heavy (non-hydrogen) atoms. The van der Waals surface area contributed by atoms with Crippen LogP contribution in [0.4, 0.5) is 0 Å². The molecule has 6 nitrogen and oxygen atoms in total. The zero-order valence-electron chi connectivity index (χ0n) is 6.08. The number of rotatable bonds is 2. The summed E-state index contributed by atoms with van der Waals surface area (Å²) in [5.74, 6) is 0. The van der Waals surface area contributed by atoms with Crippen LogP contribution in [0.1, 0.15) is 5.01 Å². The molecule has 0 aromatic carbocycles. The lowest BCUT2D eigenvalue weighted by molar-refractivity contribution is 0.837. The van der Waals surface area contributed by atoms with Gasteiger partial charge in [-0.05, 0) is 0 Å². The predicted molar refractivity (Wildman–Crippen MR) is 42.7 cm³/mol. The van der Waals surface area contributed by atoms with Crippen molar-refractivity contribution in [1.82, 2.24) is 25.0 Å². The number of hydrogen-bond donors (Lipinski definition) is 1. The van der Waals surface area contributed by atoms with Gasteiger partial charge in [0.25, 0.3) is 0 Å². The molecule has 0 bridgehead atoms. The molecule has 0 atom stereocenters. The number of nitrogens with zero attached hydrogens (tertiary/aromatic N) is 5. The van der Waals surface area contributed by atoms with Gasteiger partial charge in [0.05, 0.1) is 0 Å². The molecule has 2 rings (SSSR count). The average molecular weight is 182 g/mol. The topological polar surface area (TPSA) is 82.5 Å². The molecule has 0 saturated heterocycles. The molecule has 0 radical (unpaired) electrons. The quantitative estimate of drug-likeness (QED) is 0.681. The molecule has 0 spiro atoms. The fourth-order valence-electron chi connectivity index (χ4n) is 0.727. The van der Waals surface area contributed by atoms with E-state index in [2.05, 4.69) is 20.3 Å². The summed E-state index contributed by atoms with van der Waals surface area (Å²) in [6, 6.07) is 0. The van der Waals surface area contributed by atoms with Gasteiger partial charge >= 0.3 is 0 Å². The van der Waals surface area contributed by atoms with E-state index >= 15 is 0 Å². The molecule has 0 aliphatic rings. The zero-order valence-corrected chi connectivity index (χ0v) is 6.90. The molecule has 0 unspecified atom stereocenters. The third kappa shape index (κ3) is 1.19. The van der Waals surface area contributed by atoms with Crippen molar-refractivity contribution in [3.05, 3.63) is 17.7 Å². The maximum atomic E-state index is 5.38. The highest BCUT2D eigenvalue weighted by atomic mass is 32.1. The van der Waals surface area contributed by atoms with Crippen molar-refractivity contribution in [2.45, 2.75) is 6.54 Å². The van der Waals surface area contributed by atoms with E-state index in [1.54, 1.807) is 11.0 Å². The second-order valence-corrected chi connectivity index (χ2v) is 3.06. The van der Waals surface area contributed by atoms with Crippen LogP contribution in [0.2, 0.25) is 0 Å². The smallest absolute Gasteiger partial charge is 0.234 e. The summed E-state index contributed by atoms with van der Waals surface area (Å²) in [6.07, 6.45) is 3.02. The molecule has 0 fully saturated rings. The fourth-order valence-corrected chi connectivity index (χ4v) is 1.37. The van der Waals surface area contributed by atoms with Gasteiger partial charge in [0, 0.05) is 6.54 Å². The molecular formula is C5H6N6S. The Labute approximate surface area is 72.1 Å². The number of aromatic nitrogens is 5. The van der Waals surface area contributed by atoms with Crippen LogP contribution in [0.15, 0.2) is 12.7 Å². The molecule has 62 valence electrons. The molecule has 0 aliphatic heterocycles. The van der Waals surface area contributed by atoms with E-state index in [1.807, 2.05) is 0 Å². The summed E-state index contributed by atoms with van der Waals surface area (Å²) in [6.45, 7) is 0.409. The maximum absolute atomic E-state index is 5.38. The average Bonchev–Trinajstić information content (AvgIpc) is 2.75. The van der Waals surface area contributed by atoms with Gasteiger partial charge in [0.15, 0.2) is 0 Å². The summed E-state index contributed by atoms with van der Waals surface area (Å²) in [7, 11) is 0. The van der Waals surface area contributed by atoms with E-state index < -0.39 is 0 Å². The Hall–Kier alpha value is -1.34. The minimum Gasteiger partial charge on any atom is -0.324 e. The Balaban J connectivity index is 2.35. The van der Waals surface area contributed by atoms with Crippen LogP contribution in [0.25, 0.3) is 5.13 Å². The summed E-state index contributed by atoms with van der Waals surface area (Å²) in [5, 5.41) is 13.1. The first-order valence-corrected chi connectivity index (χ1v) is 4.09. The lowest BCUT2D eigenvalue weighted by atomic mass is 10.7. The van der Waals surface area contributed by atoms with E-state index in [4.69, 9.17) is 5.73 Å². The predicted octanol–water partition coefficient (Wildman–Crippen LogP) is -0.423. The van der Waals surface area contributed by atoms with Crippen molar-refractivity contribution in [2.75, 3.05) is 0 Å². The van der Waals surface area contributed by atoms with E-state index in [1.165, 1.54) is 17.7 Å². The highest BCUT2D eigenvalue weighted by Crippen LogP contribution is 2.11. The molecule has 7 heteroatoms. The Morgan fingerprint density at radius 2 is 2.42 bits per heavy atom. The van der Waals surface area contributed by atoms with Crippen molar-refractivity contribution in [3.63, 3.8) is 0 Å². The van der Waals surface area contributed by atoms with Gasteiger partial charge in [-0.3, -0.25) is 0 Å². The van der Waals surface area contributed by atoms with E-state index in [-0.39, 0.29) is 0 Å². The first kappa shape index (κ1) is 7.32. The van der Waals surface area contributed by atoms with Gasteiger partial charge in [0.2, 0.25) is 5.13 Å². The lowest BCUT2D eigenvalue weighted by Gasteiger charge is -1.87. The zero-order chi connectivity index (χ0) is 8.39. The summed E-state index contributed by atoms with van der Waals surface area (Å²) >= 11 is 1.40. The van der Waals surface area contributed by atoms with Gasteiger partial charge in [-0.25, -0.2) is 4.98 Å². The minimum atomic E-state index is 0.409. The Kier molecular flexibility index (Phi) is 1.80. The van der Waals surface area contributed by atoms with Gasteiger partial charge in [-0.1, -0.05) is 11.3 Å². The van der Waals surface area contributed by atoms with E-state index in [0.717, 1.165) is 5.01 Å². The second kappa shape index (κ2) is 2.95.